The Hall–Kier alpha value is -2.05. The van der Waals surface area contributed by atoms with Crippen molar-refractivity contribution in [3.05, 3.63) is 11.9 Å². The van der Waals surface area contributed by atoms with Gasteiger partial charge in [-0.25, -0.2) is 0 Å². The van der Waals surface area contributed by atoms with Gasteiger partial charge in [-0.2, -0.15) is 5.10 Å². The van der Waals surface area contributed by atoms with Crippen LogP contribution in [0.5, 0.6) is 0 Å². The van der Waals surface area contributed by atoms with E-state index in [4.69, 9.17) is 11.5 Å². The van der Waals surface area contributed by atoms with Crippen molar-refractivity contribution in [1.82, 2.24) is 15.1 Å². The van der Waals surface area contributed by atoms with E-state index >= 15 is 0 Å². The van der Waals surface area contributed by atoms with E-state index in [0.717, 1.165) is 12.8 Å². The maximum Gasteiger partial charge on any atom is 0.274 e. The third-order valence-corrected chi connectivity index (χ3v) is 2.97. The number of anilines is 1. The van der Waals surface area contributed by atoms with Gasteiger partial charge < -0.3 is 16.4 Å². The first-order valence-corrected chi connectivity index (χ1v) is 5.50. The number of hydrogen-bond donors (Lipinski definition) is 3. The molecule has 1 aliphatic heterocycles. The fourth-order valence-electron chi connectivity index (χ4n) is 2.08. The number of aromatic amines is 1. The first-order valence-electron chi connectivity index (χ1n) is 5.50. The Morgan fingerprint density at radius 1 is 1.47 bits per heavy atom. The summed E-state index contributed by atoms with van der Waals surface area (Å²) < 4.78 is 0. The van der Waals surface area contributed by atoms with Gasteiger partial charge in [0.25, 0.3) is 5.91 Å². The molecule has 0 saturated carbocycles. The second-order valence-electron chi connectivity index (χ2n) is 4.11. The first kappa shape index (κ1) is 11.4. The number of rotatable bonds is 2. The molecule has 2 amide bonds. The van der Waals surface area contributed by atoms with E-state index in [2.05, 4.69) is 10.2 Å². The van der Waals surface area contributed by atoms with Crippen LogP contribution in [0.4, 0.5) is 5.69 Å². The normalized spacial score (nSPS) is 20.2. The number of piperidine rings is 1. The SMILES string of the molecule is NC(=O)C1CCCCN1C(=O)c1[nH]ncc1N. The van der Waals surface area contributed by atoms with Gasteiger partial charge in [0.05, 0.1) is 11.9 Å². The Morgan fingerprint density at radius 2 is 2.24 bits per heavy atom. The van der Waals surface area contributed by atoms with Crippen LogP contribution in [0.3, 0.4) is 0 Å². The van der Waals surface area contributed by atoms with Crippen molar-refractivity contribution in [3.8, 4) is 0 Å². The number of amides is 2. The third kappa shape index (κ3) is 2.08. The number of H-pyrrole nitrogens is 1. The van der Waals surface area contributed by atoms with Crippen LogP contribution in [0.2, 0.25) is 0 Å². The van der Waals surface area contributed by atoms with Gasteiger partial charge in [-0.05, 0) is 19.3 Å². The van der Waals surface area contributed by atoms with Crippen molar-refractivity contribution in [3.63, 3.8) is 0 Å². The second-order valence-corrected chi connectivity index (χ2v) is 4.11. The summed E-state index contributed by atoms with van der Waals surface area (Å²) in [4.78, 5) is 24.9. The number of likely N-dealkylation sites (tertiary alicyclic amines) is 1. The fourth-order valence-corrected chi connectivity index (χ4v) is 2.08. The highest BCUT2D eigenvalue weighted by Crippen LogP contribution is 2.20. The zero-order chi connectivity index (χ0) is 12.4. The van der Waals surface area contributed by atoms with E-state index in [1.807, 2.05) is 0 Å². The number of hydrogen-bond acceptors (Lipinski definition) is 4. The molecule has 0 aromatic carbocycles. The summed E-state index contributed by atoms with van der Waals surface area (Å²) in [5.41, 5.74) is 11.4. The van der Waals surface area contributed by atoms with Crippen LogP contribution in [-0.4, -0.2) is 39.5 Å². The Kier molecular flexibility index (Phi) is 2.99. The van der Waals surface area contributed by atoms with Gasteiger partial charge in [0, 0.05) is 6.54 Å². The average Bonchev–Trinajstić information content (AvgIpc) is 2.74. The molecule has 7 heteroatoms. The quantitative estimate of drug-likeness (QED) is 0.640. The molecule has 2 heterocycles. The van der Waals surface area contributed by atoms with Crippen molar-refractivity contribution < 1.29 is 9.59 Å². The topological polar surface area (TPSA) is 118 Å². The molecule has 1 unspecified atom stereocenters. The van der Waals surface area contributed by atoms with E-state index < -0.39 is 11.9 Å². The second kappa shape index (κ2) is 4.44. The molecule has 1 atom stereocenters. The minimum atomic E-state index is -0.543. The molecular weight excluding hydrogens is 222 g/mol. The van der Waals surface area contributed by atoms with Crippen molar-refractivity contribution in [2.75, 3.05) is 12.3 Å². The van der Waals surface area contributed by atoms with Gasteiger partial charge in [-0.1, -0.05) is 0 Å². The first-order chi connectivity index (χ1) is 8.11. The molecule has 1 aromatic heterocycles. The Bertz CT molecular complexity index is 442. The molecule has 1 fully saturated rings. The van der Waals surface area contributed by atoms with Gasteiger partial charge in [0.2, 0.25) is 5.91 Å². The number of aromatic nitrogens is 2. The highest BCUT2D eigenvalue weighted by atomic mass is 16.2. The summed E-state index contributed by atoms with van der Waals surface area (Å²) in [5, 5.41) is 6.24. The summed E-state index contributed by atoms with van der Waals surface area (Å²) in [6, 6.07) is -0.543. The standard InChI is InChI=1S/C10H15N5O2/c11-6-5-13-14-8(6)10(17)15-4-2-1-3-7(15)9(12)16/h5,7H,1-4,11H2,(H2,12,16)(H,13,14). The van der Waals surface area contributed by atoms with E-state index in [1.54, 1.807) is 0 Å². The lowest BCUT2D eigenvalue weighted by atomic mass is 10.0. The predicted molar refractivity (Wildman–Crippen MR) is 60.9 cm³/mol. The minimum Gasteiger partial charge on any atom is -0.396 e. The van der Waals surface area contributed by atoms with Crippen LogP contribution in [0, 0.1) is 0 Å². The van der Waals surface area contributed by atoms with Gasteiger partial charge in [-0.3, -0.25) is 14.7 Å². The molecule has 0 spiro atoms. The zero-order valence-corrected chi connectivity index (χ0v) is 9.35. The molecule has 5 N–H and O–H groups in total. The van der Waals surface area contributed by atoms with Crippen LogP contribution in [-0.2, 0) is 4.79 Å². The number of carbonyl (C=O) groups is 2. The monoisotopic (exact) mass is 237 g/mol. The van der Waals surface area contributed by atoms with Crippen molar-refractivity contribution in [2.45, 2.75) is 25.3 Å². The average molecular weight is 237 g/mol. The summed E-state index contributed by atoms with van der Waals surface area (Å²) in [6.45, 7) is 0.519. The number of nitrogens with one attached hydrogen (secondary N) is 1. The number of nitrogen functional groups attached to an aromatic ring is 1. The van der Waals surface area contributed by atoms with Crippen LogP contribution in [0.1, 0.15) is 29.8 Å². The number of nitrogens with zero attached hydrogens (tertiary/aromatic N) is 2. The van der Waals surface area contributed by atoms with Gasteiger partial charge in [-0.15, -0.1) is 0 Å². The Labute approximate surface area is 98.1 Å². The molecule has 0 aliphatic carbocycles. The lowest BCUT2D eigenvalue weighted by Gasteiger charge is -2.33. The molecule has 92 valence electrons. The summed E-state index contributed by atoms with van der Waals surface area (Å²) in [5.74, 6) is -0.792. The molecule has 17 heavy (non-hydrogen) atoms. The van der Waals surface area contributed by atoms with E-state index in [9.17, 15) is 9.59 Å². The summed E-state index contributed by atoms with van der Waals surface area (Å²) in [7, 11) is 0. The lowest BCUT2D eigenvalue weighted by molar-refractivity contribution is -0.123. The van der Waals surface area contributed by atoms with Gasteiger partial charge in [0.1, 0.15) is 11.7 Å². The van der Waals surface area contributed by atoms with E-state index in [-0.39, 0.29) is 17.3 Å². The number of nitrogens with two attached hydrogens (primary N) is 2. The molecule has 7 nitrogen and oxygen atoms in total. The maximum absolute atomic E-state index is 12.2. The molecular formula is C10H15N5O2. The maximum atomic E-state index is 12.2. The van der Waals surface area contributed by atoms with Crippen molar-refractivity contribution in [1.29, 1.82) is 0 Å². The van der Waals surface area contributed by atoms with Crippen molar-refractivity contribution in [2.24, 2.45) is 5.73 Å². The molecule has 1 aliphatic rings. The van der Waals surface area contributed by atoms with Gasteiger partial charge in [0.15, 0.2) is 0 Å². The predicted octanol–water partition coefficient (Wildman–Crippen LogP) is -0.528. The highest BCUT2D eigenvalue weighted by Gasteiger charge is 2.32. The summed E-state index contributed by atoms with van der Waals surface area (Å²) >= 11 is 0. The largest absolute Gasteiger partial charge is 0.396 e. The highest BCUT2D eigenvalue weighted by molar-refractivity contribution is 5.99. The van der Waals surface area contributed by atoms with Crippen LogP contribution in [0.25, 0.3) is 0 Å². The van der Waals surface area contributed by atoms with Crippen LogP contribution in [0.15, 0.2) is 6.20 Å². The van der Waals surface area contributed by atoms with Crippen LogP contribution >= 0.6 is 0 Å². The molecule has 1 saturated heterocycles. The number of carbonyl (C=O) groups excluding carboxylic acids is 2. The molecule has 0 bridgehead atoms. The van der Waals surface area contributed by atoms with E-state index in [1.165, 1.54) is 11.1 Å². The summed E-state index contributed by atoms with van der Waals surface area (Å²) in [6.07, 6.45) is 3.74. The third-order valence-electron chi connectivity index (χ3n) is 2.97. The lowest BCUT2D eigenvalue weighted by Crippen LogP contribution is -2.50. The zero-order valence-electron chi connectivity index (χ0n) is 9.35. The minimum absolute atomic E-state index is 0.221. The fraction of sp³-hybridized carbons (Fsp3) is 0.500. The van der Waals surface area contributed by atoms with Crippen molar-refractivity contribution >= 4 is 17.5 Å². The van der Waals surface area contributed by atoms with Crippen LogP contribution < -0.4 is 11.5 Å². The number of primary amides is 1. The molecule has 2 rings (SSSR count). The molecule has 1 aromatic rings. The Morgan fingerprint density at radius 3 is 2.82 bits per heavy atom. The molecule has 0 radical (unpaired) electrons. The Balaban J connectivity index is 2.23. The van der Waals surface area contributed by atoms with E-state index in [0.29, 0.717) is 13.0 Å². The smallest absolute Gasteiger partial charge is 0.274 e. The van der Waals surface area contributed by atoms with Gasteiger partial charge >= 0.3 is 0 Å².